The highest BCUT2D eigenvalue weighted by Gasteiger charge is 2.08. The number of carbonyl (C=O) groups is 1. The highest BCUT2D eigenvalue weighted by molar-refractivity contribution is 9.10. The van der Waals surface area contributed by atoms with Crippen LogP contribution >= 0.6 is 15.9 Å². The van der Waals surface area contributed by atoms with Crippen LogP contribution in [0.2, 0.25) is 0 Å². The second-order valence-corrected chi connectivity index (χ2v) is 4.62. The van der Waals surface area contributed by atoms with Gasteiger partial charge in [0.2, 0.25) is 0 Å². The Balaban J connectivity index is 2.87. The Morgan fingerprint density at radius 2 is 2.12 bits per heavy atom. The van der Waals surface area contributed by atoms with Gasteiger partial charge in [0.25, 0.3) is 0 Å². The SMILES string of the molecule is CCCCN(CC)c1ccc(C=O)cc1Br. The Labute approximate surface area is 106 Å². The number of rotatable bonds is 6. The lowest BCUT2D eigenvalue weighted by atomic mass is 10.2. The minimum Gasteiger partial charge on any atom is -0.371 e. The Kier molecular flexibility index (Phi) is 5.53. The van der Waals surface area contributed by atoms with E-state index >= 15 is 0 Å². The van der Waals surface area contributed by atoms with E-state index in [4.69, 9.17) is 0 Å². The zero-order valence-electron chi connectivity index (χ0n) is 9.87. The minimum atomic E-state index is 0.710. The molecule has 3 heteroatoms. The summed E-state index contributed by atoms with van der Waals surface area (Å²) in [5, 5.41) is 0. The topological polar surface area (TPSA) is 20.3 Å². The van der Waals surface area contributed by atoms with Gasteiger partial charge in [-0.2, -0.15) is 0 Å². The van der Waals surface area contributed by atoms with Crippen LogP contribution in [0.15, 0.2) is 22.7 Å². The molecule has 0 N–H and O–H groups in total. The molecule has 1 aromatic carbocycles. The molecule has 0 atom stereocenters. The van der Waals surface area contributed by atoms with Gasteiger partial charge in [-0.1, -0.05) is 13.3 Å². The van der Waals surface area contributed by atoms with Crippen molar-refractivity contribution in [3.63, 3.8) is 0 Å². The molecule has 16 heavy (non-hydrogen) atoms. The molecule has 0 unspecified atom stereocenters. The lowest BCUT2D eigenvalue weighted by Gasteiger charge is -2.24. The van der Waals surface area contributed by atoms with E-state index in [0.29, 0.717) is 5.56 Å². The molecule has 1 aromatic rings. The third kappa shape index (κ3) is 3.34. The fourth-order valence-electron chi connectivity index (χ4n) is 1.65. The predicted molar refractivity (Wildman–Crippen MR) is 72.3 cm³/mol. The van der Waals surface area contributed by atoms with E-state index in [1.54, 1.807) is 0 Å². The molecule has 0 bridgehead atoms. The summed E-state index contributed by atoms with van der Waals surface area (Å²) in [5.41, 5.74) is 1.88. The molecule has 0 aliphatic heterocycles. The van der Waals surface area contributed by atoms with Crippen LogP contribution in [0, 0.1) is 0 Å². The monoisotopic (exact) mass is 283 g/mol. The smallest absolute Gasteiger partial charge is 0.150 e. The molecule has 1 rings (SSSR count). The summed E-state index contributed by atoms with van der Waals surface area (Å²) in [6.07, 6.45) is 3.26. The van der Waals surface area contributed by atoms with E-state index in [0.717, 1.165) is 23.8 Å². The average Bonchev–Trinajstić information content (AvgIpc) is 2.31. The van der Waals surface area contributed by atoms with E-state index in [1.165, 1.54) is 18.5 Å². The zero-order chi connectivity index (χ0) is 12.0. The second kappa shape index (κ2) is 6.69. The van der Waals surface area contributed by atoms with Crippen molar-refractivity contribution in [2.75, 3.05) is 18.0 Å². The molecule has 0 radical (unpaired) electrons. The lowest BCUT2D eigenvalue weighted by Crippen LogP contribution is -2.24. The number of unbranched alkanes of at least 4 members (excludes halogenated alkanes) is 1. The Bertz CT molecular complexity index is 352. The first kappa shape index (κ1) is 13.2. The molecule has 2 nitrogen and oxygen atoms in total. The third-order valence-corrected chi connectivity index (χ3v) is 3.25. The summed E-state index contributed by atoms with van der Waals surface area (Å²) in [6.45, 7) is 6.39. The Hall–Kier alpha value is -0.830. The maximum absolute atomic E-state index is 10.6. The van der Waals surface area contributed by atoms with Crippen LogP contribution < -0.4 is 4.90 Å². The van der Waals surface area contributed by atoms with Crippen LogP contribution in [0.1, 0.15) is 37.0 Å². The largest absolute Gasteiger partial charge is 0.371 e. The second-order valence-electron chi connectivity index (χ2n) is 3.76. The Morgan fingerprint density at radius 3 is 2.62 bits per heavy atom. The van der Waals surface area contributed by atoms with E-state index in [-0.39, 0.29) is 0 Å². The molecular weight excluding hydrogens is 266 g/mol. The first-order valence-electron chi connectivity index (χ1n) is 5.72. The number of hydrogen-bond acceptors (Lipinski definition) is 2. The molecule has 0 aliphatic rings. The van der Waals surface area contributed by atoms with Crippen molar-refractivity contribution in [2.45, 2.75) is 26.7 Å². The fraction of sp³-hybridized carbons (Fsp3) is 0.462. The van der Waals surface area contributed by atoms with Gasteiger partial charge < -0.3 is 4.90 Å². The molecular formula is C13H18BrNO. The van der Waals surface area contributed by atoms with Gasteiger partial charge >= 0.3 is 0 Å². The quantitative estimate of drug-likeness (QED) is 0.739. The van der Waals surface area contributed by atoms with Crippen LogP contribution in [-0.2, 0) is 0 Å². The molecule has 0 fully saturated rings. The van der Waals surface area contributed by atoms with Crippen molar-refractivity contribution in [3.8, 4) is 0 Å². The van der Waals surface area contributed by atoms with E-state index in [9.17, 15) is 4.79 Å². The minimum absolute atomic E-state index is 0.710. The molecule has 0 aliphatic carbocycles. The first-order valence-corrected chi connectivity index (χ1v) is 6.51. The lowest BCUT2D eigenvalue weighted by molar-refractivity contribution is 0.112. The summed E-state index contributed by atoms with van der Waals surface area (Å²) in [5.74, 6) is 0. The Morgan fingerprint density at radius 1 is 1.38 bits per heavy atom. The highest BCUT2D eigenvalue weighted by atomic mass is 79.9. The number of nitrogens with zero attached hydrogens (tertiary/aromatic N) is 1. The molecule has 0 spiro atoms. The van der Waals surface area contributed by atoms with Gasteiger partial charge in [0.15, 0.2) is 0 Å². The molecule has 0 heterocycles. The summed E-state index contributed by atoms with van der Waals surface area (Å²) < 4.78 is 0.995. The van der Waals surface area contributed by atoms with Gasteiger partial charge in [-0.05, 0) is 47.5 Å². The predicted octanol–water partition coefficient (Wildman–Crippen LogP) is 3.89. The summed E-state index contributed by atoms with van der Waals surface area (Å²) in [7, 11) is 0. The normalized spacial score (nSPS) is 10.2. The van der Waals surface area contributed by atoms with E-state index in [1.807, 2.05) is 18.2 Å². The summed E-state index contributed by atoms with van der Waals surface area (Å²) in [6, 6.07) is 5.74. The number of carbonyl (C=O) groups excluding carboxylic acids is 1. The number of hydrogen-bond donors (Lipinski definition) is 0. The van der Waals surface area contributed by atoms with Crippen molar-refractivity contribution in [1.82, 2.24) is 0 Å². The van der Waals surface area contributed by atoms with Crippen LogP contribution in [0.4, 0.5) is 5.69 Å². The van der Waals surface area contributed by atoms with Gasteiger partial charge in [-0.3, -0.25) is 4.79 Å². The van der Waals surface area contributed by atoms with Crippen molar-refractivity contribution >= 4 is 27.9 Å². The number of benzene rings is 1. The third-order valence-electron chi connectivity index (χ3n) is 2.61. The summed E-state index contributed by atoms with van der Waals surface area (Å²) in [4.78, 5) is 13.0. The van der Waals surface area contributed by atoms with Gasteiger partial charge in [0, 0.05) is 23.1 Å². The van der Waals surface area contributed by atoms with Crippen molar-refractivity contribution in [3.05, 3.63) is 28.2 Å². The van der Waals surface area contributed by atoms with Gasteiger partial charge in [-0.15, -0.1) is 0 Å². The summed E-state index contributed by atoms with van der Waals surface area (Å²) >= 11 is 3.52. The fourth-order valence-corrected chi connectivity index (χ4v) is 2.30. The first-order chi connectivity index (χ1) is 7.72. The maximum Gasteiger partial charge on any atom is 0.150 e. The van der Waals surface area contributed by atoms with Gasteiger partial charge in [-0.25, -0.2) is 0 Å². The van der Waals surface area contributed by atoms with Crippen molar-refractivity contribution in [2.24, 2.45) is 0 Å². The van der Waals surface area contributed by atoms with Crippen LogP contribution in [0.5, 0.6) is 0 Å². The van der Waals surface area contributed by atoms with Crippen molar-refractivity contribution in [1.29, 1.82) is 0 Å². The van der Waals surface area contributed by atoms with Gasteiger partial charge in [0.05, 0.1) is 5.69 Å². The standard InChI is InChI=1S/C13H18BrNO/c1-3-5-8-15(4-2)13-7-6-11(10-16)9-12(13)14/h6-7,9-10H,3-5,8H2,1-2H3. The molecule has 88 valence electrons. The average molecular weight is 284 g/mol. The molecule has 0 saturated carbocycles. The van der Waals surface area contributed by atoms with Crippen LogP contribution in [0.25, 0.3) is 0 Å². The van der Waals surface area contributed by atoms with Gasteiger partial charge in [0.1, 0.15) is 6.29 Å². The molecule has 0 aromatic heterocycles. The molecule has 0 amide bonds. The zero-order valence-corrected chi connectivity index (χ0v) is 11.5. The van der Waals surface area contributed by atoms with Crippen LogP contribution in [-0.4, -0.2) is 19.4 Å². The number of aldehydes is 1. The highest BCUT2D eigenvalue weighted by Crippen LogP contribution is 2.27. The molecule has 0 saturated heterocycles. The van der Waals surface area contributed by atoms with E-state index in [2.05, 4.69) is 34.7 Å². The number of anilines is 1. The van der Waals surface area contributed by atoms with Crippen molar-refractivity contribution < 1.29 is 4.79 Å². The maximum atomic E-state index is 10.6. The van der Waals surface area contributed by atoms with E-state index < -0.39 is 0 Å². The van der Waals surface area contributed by atoms with Crippen LogP contribution in [0.3, 0.4) is 0 Å². The number of halogens is 1.